The average molecular weight is 282 g/mol. The highest BCUT2D eigenvalue weighted by molar-refractivity contribution is 6.10. The van der Waals surface area contributed by atoms with Crippen molar-refractivity contribution in [1.29, 1.82) is 0 Å². The highest BCUT2D eigenvalue weighted by Gasteiger charge is 2.19. The number of carbonyl (C=O) groups is 1. The van der Waals surface area contributed by atoms with Gasteiger partial charge in [-0.1, -0.05) is 36.4 Å². The van der Waals surface area contributed by atoms with Crippen LogP contribution in [0.1, 0.15) is 27.0 Å². The first-order valence-electron chi connectivity index (χ1n) is 6.69. The van der Waals surface area contributed by atoms with Crippen molar-refractivity contribution in [2.75, 3.05) is 7.11 Å². The number of ether oxygens (including phenoxy) is 1. The molecular formula is C18H18O3. The van der Waals surface area contributed by atoms with Gasteiger partial charge in [0.1, 0.15) is 17.1 Å². The molecule has 0 saturated carbocycles. The Balaban J connectivity index is 2.40. The zero-order chi connectivity index (χ0) is 15.4. The number of phenolic OH excluding ortho intramolecular Hbond substituents is 1. The van der Waals surface area contributed by atoms with Crippen LogP contribution >= 0.6 is 0 Å². The summed E-state index contributed by atoms with van der Waals surface area (Å²) in [6, 6.07) is 11.1. The molecule has 2 aromatic carbocycles. The summed E-state index contributed by atoms with van der Waals surface area (Å²) in [4.78, 5) is 12.4. The molecule has 3 nitrogen and oxygen atoms in total. The summed E-state index contributed by atoms with van der Waals surface area (Å²) in [6.45, 7) is 3.73. The van der Waals surface area contributed by atoms with E-state index in [0.717, 1.165) is 16.7 Å². The van der Waals surface area contributed by atoms with Crippen molar-refractivity contribution in [2.45, 2.75) is 13.8 Å². The quantitative estimate of drug-likeness (QED) is 0.683. The number of hydrogen-bond donors (Lipinski definition) is 1. The SMILES string of the molecule is COc1c(C)c(C)cc(O)c1C(=O)/C=C/c1ccccc1. The van der Waals surface area contributed by atoms with Gasteiger partial charge in [0.25, 0.3) is 0 Å². The molecule has 0 saturated heterocycles. The van der Waals surface area contributed by atoms with Crippen LogP contribution in [0.2, 0.25) is 0 Å². The first-order valence-corrected chi connectivity index (χ1v) is 6.69. The molecule has 0 aliphatic carbocycles. The summed E-state index contributed by atoms with van der Waals surface area (Å²) in [5.41, 5.74) is 2.86. The van der Waals surface area contributed by atoms with Crippen LogP contribution in [0.3, 0.4) is 0 Å². The molecule has 0 aliphatic rings. The van der Waals surface area contributed by atoms with Crippen LogP contribution in [0, 0.1) is 13.8 Å². The van der Waals surface area contributed by atoms with Gasteiger partial charge in [0.2, 0.25) is 0 Å². The van der Waals surface area contributed by atoms with E-state index in [-0.39, 0.29) is 17.1 Å². The highest BCUT2D eigenvalue weighted by atomic mass is 16.5. The lowest BCUT2D eigenvalue weighted by Gasteiger charge is -2.13. The summed E-state index contributed by atoms with van der Waals surface area (Å²) in [5, 5.41) is 10.1. The van der Waals surface area contributed by atoms with E-state index in [4.69, 9.17) is 4.74 Å². The average Bonchev–Trinajstić information content (AvgIpc) is 2.49. The predicted octanol–water partition coefficient (Wildman–Crippen LogP) is 3.91. The molecule has 108 valence electrons. The van der Waals surface area contributed by atoms with Crippen LogP contribution in [0.15, 0.2) is 42.5 Å². The van der Waals surface area contributed by atoms with Crippen molar-refractivity contribution in [3.63, 3.8) is 0 Å². The normalized spacial score (nSPS) is 10.8. The van der Waals surface area contributed by atoms with Gasteiger partial charge < -0.3 is 9.84 Å². The molecule has 1 N–H and O–H groups in total. The molecule has 0 atom stereocenters. The van der Waals surface area contributed by atoms with Gasteiger partial charge in [0.15, 0.2) is 5.78 Å². The van der Waals surface area contributed by atoms with Gasteiger partial charge in [-0.05, 0) is 42.7 Å². The van der Waals surface area contributed by atoms with Crippen molar-refractivity contribution in [3.05, 3.63) is 64.7 Å². The maximum absolute atomic E-state index is 12.4. The number of phenols is 1. The monoisotopic (exact) mass is 282 g/mol. The highest BCUT2D eigenvalue weighted by Crippen LogP contribution is 2.34. The van der Waals surface area contributed by atoms with Crippen molar-refractivity contribution >= 4 is 11.9 Å². The molecule has 0 heterocycles. The van der Waals surface area contributed by atoms with Gasteiger partial charge in [0.05, 0.1) is 7.11 Å². The minimum absolute atomic E-state index is 0.0577. The molecule has 21 heavy (non-hydrogen) atoms. The lowest BCUT2D eigenvalue weighted by molar-refractivity contribution is 0.104. The fraction of sp³-hybridized carbons (Fsp3) is 0.167. The van der Waals surface area contributed by atoms with E-state index in [0.29, 0.717) is 5.75 Å². The van der Waals surface area contributed by atoms with E-state index in [9.17, 15) is 9.90 Å². The number of aromatic hydroxyl groups is 1. The molecule has 0 amide bonds. The second-order valence-corrected chi connectivity index (χ2v) is 4.85. The third-order valence-corrected chi connectivity index (χ3v) is 3.45. The van der Waals surface area contributed by atoms with Gasteiger partial charge in [-0.25, -0.2) is 0 Å². The predicted molar refractivity (Wildman–Crippen MR) is 83.9 cm³/mol. The van der Waals surface area contributed by atoms with E-state index >= 15 is 0 Å². The number of ketones is 1. The minimum atomic E-state index is -0.281. The zero-order valence-electron chi connectivity index (χ0n) is 12.4. The number of hydrogen-bond acceptors (Lipinski definition) is 3. The second-order valence-electron chi connectivity index (χ2n) is 4.85. The largest absolute Gasteiger partial charge is 0.507 e. The topological polar surface area (TPSA) is 46.5 Å². The molecule has 0 aromatic heterocycles. The molecular weight excluding hydrogens is 264 g/mol. The minimum Gasteiger partial charge on any atom is -0.507 e. The van der Waals surface area contributed by atoms with E-state index in [1.54, 1.807) is 12.1 Å². The third-order valence-electron chi connectivity index (χ3n) is 3.45. The van der Waals surface area contributed by atoms with Crippen LogP contribution in [-0.2, 0) is 0 Å². The Morgan fingerprint density at radius 1 is 1.19 bits per heavy atom. The summed E-state index contributed by atoms with van der Waals surface area (Å²) in [6.07, 6.45) is 3.16. The van der Waals surface area contributed by atoms with E-state index in [1.807, 2.05) is 44.2 Å². The third kappa shape index (κ3) is 3.14. The van der Waals surface area contributed by atoms with Crippen LogP contribution in [-0.4, -0.2) is 18.0 Å². The summed E-state index contributed by atoms with van der Waals surface area (Å²) >= 11 is 0. The molecule has 0 bridgehead atoms. The van der Waals surface area contributed by atoms with Crippen molar-refractivity contribution in [3.8, 4) is 11.5 Å². The van der Waals surface area contributed by atoms with E-state index < -0.39 is 0 Å². The van der Waals surface area contributed by atoms with E-state index in [1.165, 1.54) is 13.2 Å². The number of rotatable bonds is 4. The number of methoxy groups -OCH3 is 1. The van der Waals surface area contributed by atoms with Gasteiger partial charge in [0, 0.05) is 0 Å². The molecule has 0 unspecified atom stereocenters. The van der Waals surface area contributed by atoms with Crippen LogP contribution < -0.4 is 4.74 Å². The zero-order valence-corrected chi connectivity index (χ0v) is 12.4. The number of benzene rings is 2. The van der Waals surface area contributed by atoms with Gasteiger partial charge in [-0.2, -0.15) is 0 Å². The van der Waals surface area contributed by atoms with Crippen LogP contribution in [0.25, 0.3) is 6.08 Å². The molecule has 2 rings (SSSR count). The Kier molecular flexibility index (Phi) is 4.43. The molecule has 0 fully saturated rings. The van der Waals surface area contributed by atoms with Gasteiger partial charge in [-0.15, -0.1) is 0 Å². The van der Waals surface area contributed by atoms with Crippen molar-refractivity contribution < 1.29 is 14.6 Å². The molecule has 2 aromatic rings. The fourth-order valence-corrected chi connectivity index (χ4v) is 2.18. The molecule has 0 spiro atoms. The molecule has 0 aliphatic heterocycles. The first-order chi connectivity index (χ1) is 10.0. The molecule has 0 radical (unpaired) electrons. The Bertz CT molecular complexity index is 685. The maximum Gasteiger partial charge on any atom is 0.193 e. The van der Waals surface area contributed by atoms with Crippen molar-refractivity contribution in [2.24, 2.45) is 0 Å². The van der Waals surface area contributed by atoms with E-state index in [2.05, 4.69) is 0 Å². The lowest BCUT2D eigenvalue weighted by atomic mass is 9.99. The summed E-state index contributed by atoms with van der Waals surface area (Å²) in [7, 11) is 1.50. The van der Waals surface area contributed by atoms with Crippen molar-refractivity contribution in [1.82, 2.24) is 0 Å². The fourth-order valence-electron chi connectivity index (χ4n) is 2.18. The van der Waals surface area contributed by atoms with Crippen LogP contribution in [0.4, 0.5) is 0 Å². The Labute approximate surface area is 124 Å². The second kappa shape index (κ2) is 6.27. The standard InChI is InChI=1S/C18H18O3/c1-12-11-16(20)17(18(21-3)13(12)2)15(19)10-9-14-7-5-4-6-8-14/h4-11,20H,1-3H3/b10-9+. The van der Waals surface area contributed by atoms with Gasteiger partial charge >= 0.3 is 0 Å². The molecule has 3 heteroatoms. The van der Waals surface area contributed by atoms with Gasteiger partial charge in [-0.3, -0.25) is 4.79 Å². The Morgan fingerprint density at radius 2 is 1.86 bits per heavy atom. The maximum atomic E-state index is 12.4. The summed E-state index contributed by atoms with van der Waals surface area (Å²) in [5.74, 6) is 0.0872. The lowest BCUT2D eigenvalue weighted by Crippen LogP contribution is -2.03. The number of allylic oxidation sites excluding steroid dienone is 1. The Morgan fingerprint density at radius 3 is 2.48 bits per heavy atom. The Hall–Kier alpha value is -2.55. The summed E-state index contributed by atoms with van der Waals surface area (Å²) < 4.78 is 5.30. The first kappa shape index (κ1) is 14.9. The smallest absolute Gasteiger partial charge is 0.193 e. The van der Waals surface area contributed by atoms with Crippen LogP contribution in [0.5, 0.6) is 11.5 Å². The number of aryl methyl sites for hydroxylation is 1. The number of carbonyl (C=O) groups excluding carboxylic acids is 1.